The van der Waals surface area contributed by atoms with Crippen molar-refractivity contribution in [2.24, 2.45) is 10.9 Å². The highest BCUT2D eigenvalue weighted by Gasteiger charge is 2.33. The maximum absolute atomic E-state index is 5.45. The number of nitrogens with one attached hydrogen (secondary N) is 2. The van der Waals surface area contributed by atoms with E-state index in [-0.39, 0.29) is 24.0 Å². The molecule has 0 saturated heterocycles. The fourth-order valence-electron chi connectivity index (χ4n) is 3.45. The second kappa shape index (κ2) is 10.4. The summed E-state index contributed by atoms with van der Waals surface area (Å²) in [6, 6.07) is 4.83. The Morgan fingerprint density at radius 3 is 2.48 bits per heavy atom. The largest absolute Gasteiger partial charge is 0.493 e. The molecule has 0 amide bonds. The zero-order valence-electron chi connectivity index (χ0n) is 16.9. The highest BCUT2D eigenvalue weighted by atomic mass is 127. The van der Waals surface area contributed by atoms with Gasteiger partial charge < -0.3 is 20.1 Å². The lowest BCUT2D eigenvalue weighted by Gasteiger charge is -2.29. The first-order chi connectivity index (χ1) is 12.6. The van der Waals surface area contributed by atoms with Gasteiger partial charge in [-0.25, -0.2) is 0 Å². The zero-order chi connectivity index (χ0) is 18.5. The molecule has 1 aliphatic carbocycles. The summed E-state index contributed by atoms with van der Waals surface area (Å²) >= 11 is 0. The first-order valence-electron chi connectivity index (χ1n) is 9.65. The second-order valence-electron chi connectivity index (χ2n) is 7.23. The predicted molar refractivity (Wildman–Crippen MR) is 121 cm³/mol. The first-order valence-corrected chi connectivity index (χ1v) is 9.65. The lowest BCUT2D eigenvalue weighted by Crippen LogP contribution is -2.40. The molecule has 27 heavy (non-hydrogen) atoms. The zero-order valence-corrected chi connectivity index (χ0v) is 19.2. The van der Waals surface area contributed by atoms with Crippen molar-refractivity contribution in [3.63, 3.8) is 0 Å². The van der Waals surface area contributed by atoms with Crippen LogP contribution in [0.4, 0.5) is 0 Å². The van der Waals surface area contributed by atoms with Crippen LogP contribution in [-0.4, -0.2) is 57.3 Å². The van der Waals surface area contributed by atoms with E-state index < -0.39 is 0 Å². The summed E-state index contributed by atoms with van der Waals surface area (Å²) in [5.41, 5.74) is 2.69. The maximum atomic E-state index is 5.45. The number of fused-ring (bicyclic) bond motifs is 1. The maximum Gasteiger partial charge on any atom is 0.191 e. The van der Waals surface area contributed by atoms with Crippen molar-refractivity contribution in [2.45, 2.75) is 39.3 Å². The van der Waals surface area contributed by atoms with Gasteiger partial charge in [0.1, 0.15) is 0 Å². The lowest BCUT2D eigenvalue weighted by molar-refractivity contribution is 0.260. The molecule has 6 nitrogen and oxygen atoms in total. The summed E-state index contributed by atoms with van der Waals surface area (Å²) < 4.78 is 10.9. The van der Waals surface area contributed by atoms with Gasteiger partial charge in [-0.1, -0.05) is 6.92 Å². The molecule has 0 spiro atoms. The normalized spacial score (nSPS) is 21.7. The van der Waals surface area contributed by atoms with E-state index >= 15 is 0 Å². The molecule has 1 fully saturated rings. The quantitative estimate of drug-likeness (QED) is 0.351. The van der Waals surface area contributed by atoms with E-state index in [0.29, 0.717) is 6.04 Å². The first kappa shape index (κ1) is 22.1. The van der Waals surface area contributed by atoms with Crippen LogP contribution in [0, 0.1) is 5.92 Å². The van der Waals surface area contributed by atoms with E-state index in [9.17, 15) is 0 Å². The molecule has 1 saturated carbocycles. The number of halogens is 1. The number of aliphatic imine (C=N–C) groups is 1. The molecule has 1 aromatic carbocycles. The third kappa shape index (κ3) is 5.88. The predicted octanol–water partition coefficient (Wildman–Crippen LogP) is 2.64. The number of guanidine groups is 1. The van der Waals surface area contributed by atoms with Crippen LogP contribution in [0.15, 0.2) is 17.1 Å². The summed E-state index contributed by atoms with van der Waals surface area (Å²) in [5, 5.41) is 6.86. The highest BCUT2D eigenvalue weighted by molar-refractivity contribution is 14.0. The molecule has 152 valence electrons. The van der Waals surface area contributed by atoms with Crippen LogP contribution in [0.25, 0.3) is 0 Å². The van der Waals surface area contributed by atoms with E-state index in [0.717, 1.165) is 62.5 Å². The van der Waals surface area contributed by atoms with Gasteiger partial charge >= 0.3 is 0 Å². The van der Waals surface area contributed by atoms with Gasteiger partial charge in [0.05, 0.1) is 20.8 Å². The van der Waals surface area contributed by atoms with Gasteiger partial charge in [0.2, 0.25) is 0 Å². The fraction of sp³-hybridized carbons (Fsp3) is 0.650. The molecular weight excluding hydrogens is 455 g/mol. The third-order valence-electron chi connectivity index (χ3n) is 5.26. The standard InChI is InChI=1S/C20H32N4O2.HI/c1-5-21-20(23-17-10-14(17)2)22-7-9-24-8-6-15-11-18(25-3)19(26-4)12-16(15)13-24;/h11-12,14,17H,5-10,13H2,1-4H3,(H2,21,22,23);1H. The summed E-state index contributed by atoms with van der Waals surface area (Å²) in [4.78, 5) is 7.21. The Kier molecular flexibility index (Phi) is 8.47. The molecule has 2 atom stereocenters. The minimum absolute atomic E-state index is 0. The molecule has 0 aromatic heterocycles. The van der Waals surface area contributed by atoms with Gasteiger partial charge in [-0.15, -0.1) is 24.0 Å². The molecule has 1 heterocycles. The Hall–Kier alpha value is -1.22. The van der Waals surface area contributed by atoms with Crippen molar-refractivity contribution >= 4 is 29.9 Å². The minimum atomic E-state index is 0. The topological polar surface area (TPSA) is 58.1 Å². The van der Waals surface area contributed by atoms with Gasteiger partial charge in [-0.05, 0) is 48.9 Å². The van der Waals surface area contributed by atoms with Crippen molar-refractivity contribution < 1.29 is 9.47 Å². The van der Waals surface area contributed by atoms with Crippen molar-refractivity contribution in [3.8, 4) is 11.5 Å². The molecule has 1 aromatic rings. The third-order valence-corrected chi connectivity index (χ3v) is 5.26. The average Bonchev–Trinajstić information content (AvgIpc) is 3.35. The van der Waals surface area contributed by atoms with Gasteiger partial charge in [0.25, 0.3) is 0 Å². The Balaban J connectivity index is 0.00000261. The van der Waals surface area contributed by atoms with Gasteiger partial charge in [-0.2, -0.15) is 0 Å². The van der Waals surface area contributed by atoms with Crippen LogP contribution in [0.1, 0.15) is 31.4 Å². The fourth-order valence-corrected chi connectivity index (χ4v) is 3.45. The average molecular weight is 488 g/mol. The van der Waals surface area contributed by atoms with Crippen LogP contribution < -0.4 is 20.1 Å². The van der Waals surface area contributed by atoms with Crippen LogP contribution >= 0.6 is 24.0 Å². The van der Waals surface area contributed by atoms with Crippen molar-refractivity contribution in [3.05, 3.63) is 23.3 Å². The Bertz CT molecular complexity index is 653. The highest BCUT2D eigenvalue weighted by Crippen LogP contribution is 2.33. The summed E-state index contributed by atoms with van der Waals surface area (Å²) in [5.74, 6) is 3.35. The molecule has 2 N–H and O–H groups in total. The lowest BCUT2D eigenvalue weighted by atomic mass is 9.99. The number of nitrogens with zero attached hydrogens (tertiary/aromatic N) is 2. The number of hydrogen-bond donors (Lipinski definition) is 2. The molecule has 7 heteroatoms. The minimum Gasteiger partial charge on any atom is -0.493 e. The van der Waals surface area contributed by atoms with E-state index in [4.69, 9.17) is 14.5 Å². The van der Waals surface area contributed by atoms with Crippen LogP contribution in [0.2, 0.25) is 0 Å². The molecule has 0 radical (unpaired) electrons. The summed E-state index contributed by atoms with van der Waals surface area (Å²) in [6.07, 6.45) is 2.29. The number of hydrogen-bond acceptors (Lipinski definition) is 4. The molecule has 3 rings (SSSR count). The van der Waals surface area contributed by atoms with Crippen molar-refractivity contribution in [1.29, 1.82) is 0 Å². The van der Waals surface area contributed by atoms with Gasteiger partial charge in [0, 0.05) is 32.2 Å². The molecule has 2 unspecified atom stereocenters. The molecular formula is C20H33IN4O2. The van der Waals surface area contributed by atoms with Crippen LogP contribution in [-0.2, 0) is 13.0 Å². The molecule has 2 aliphatic rings. The van der Waals surface area contributed by atoms with Crippen molar-refractivity contribution in [2.75, 3.05) is 40.4 Å². The van der Waals surface area contributed by atoms with Crippen LogP contribution in [0.3, 0.4) is 0 Å². The van der Waals surface area contributed by atoms with Crippen molar-refractivity contribution in [1.82, 2.24) is 15.5 Å². The Morgan fingerprint density at radius 1 is 1.22 bits per heavy atom. The molecule has 1 aliphatic heterocycles. The smallest absolute Gasteiger partial charge is 0.191 e. The van der Waals surface area contributed by atoms with E-state index in [2.05, 4.69) is 41.5 Å². The second-order valence-corrected chi connectivity index (χ2v) is 7.23. The Morgan fingerprint density at radius 2 is 1.89 bits per heavy atom. The number of rotatable bonds is 7. The number of ether oxygens (including phenoxy) is 2. The van der Waals surface area contributed by atoms with E-state index in [1.165, 1.54) is 17.5 Å². The summed E-state index contributed by atoms with van der Waals surface area (Å²) in [6.45, 7) is 9.04. The summed E-state index contributed by atoms with van der Waals surface area (Å²) in [7, 11) is 3.38. The van der Waals surface area contributed by atoms with E-state index in [1.54, 1.807) is 14.2 Å². The number of benzene rings is 1. The van der Waals surface area contributed by atoms with Gasteiger partial charge in [0.15, 0.2) is 17.5 Å². The SMILES string of the molecule is CCNC(=NCCN1CCc2cc(OC)c(OC)cc2C1)NC1CC1C.I. The monoisotopic (exact) mass is 488 g/mol. The number of methoxy groups -OCH3 is 2. The molecule has 0 bridgehead atoms. The van der Waals surface area contributed by atoms with Crippen LogP contribution in [0.5, 0.6) is 11.5 Å². The Labute approximate surface area is 180 Å². The van der Waals surface area contributed by atoms with Gasteiger partial charge in [-0.3, -0.25) is 9.89 Å². The van der Waals surface area contributed by atoms with E-state index in [1.807, 2.05) is 0 Å².